The molecule has 0 atom stereocenters. The monoisotopic (exact) mass is 309 g/mol. The van der Waals surface area contributed by atoms with Crippen LogP contribution in [0.1, 0.15) is 40.5 Å². The Labute approximate surface area is 132 Å². The van der Waals surface area contributed by atoms with Gasteiger partial charge in [-0.15, -0.1) is 11.3 Å². The Hall–Kier alpha value is -2.27. The fourth-order valence-electron chi connectivity index (χ4n) is 2.57. The largest absolute Gasteiger partial charge is 0.298 e. The zero-order chi connectivity index (χ0) is 15.1. The van der Waals surface area contributed by atoms with Crippen LogP contribution in [0.15, 0.2) is 35.7 Å². The maximum atomic E-state index is 12.6. The van der Waals surface area contributed by atoms with Crippen molar-refractivity contribution in [2.75, 3.05) is 5.32 Å². The summed E-state index contributed by atoms with van der Waals surface area (Å²) in [5, 5.41) is 6.50. The van der Waals surface area contributed by atoms with Gasteiger partial charge in [-0.2, -0.15) is 0 Å². The minimum absolute atomic E-state index is 0.126. The van der Waals surface area contributed by atoms with Crippen LogP contribution >= 0.6 is 11.3 Å². The third-order valence-electron chi connectivity index (χ3n) is 3.83. The Balaban J connectivity index is 1.66. The predicted octanol–water partition coefficient (Wildman–Crippen LogP) is 4.13. The minimum Gasteiger partial charge on any atom is -0.298 e. The number of aryl methyl sites for hydroxylation is 1. The van der Waals surface area contributed by atoms with Crippen molar-refractivity contribution in [3.05, 3.63) is 52.7 Å². The van der Waals surface area contributed by atoms with E-state index in [0.717, 1.165) is 22.3 Å². The molecule has 110 valence electrons. The minimum atomic E-state index is -0.126. The molecule has 1 amide bonds. The number of para-hydroxylation sites is 1. The molecule has 3 aromatic rings. The van der Waals surface area contributed by atoms with E-state index in [4.69, 9.17) is 0 Å². The topological polar surface area (TPSA) is 54.9 Å². The quantitative estimate of drug-likeness (QED) is 0.791. The summed E-state index contributed by atoms with van der Waals surface area (Å²) in [4.78, 5) is 21.6. The van der Waals surface area contributed by atoms with Crippen molar-refractivity contribution in [3.8, 4) is 0 Å². The van der Waals surface area contributed by atoms with Crippen LogP contribution in [0.4, 0.5) is 5.13 Å². The number of carbonyl (C=O) groups is 1. The SMILES string of the molecule is Cc1cc(C(=O)Nc2nc(C3CC3)cs2)c2ccccc2n1. The van der Waals surface area contributed by atoms with Crippen molar-refractivity contribution >= 4 is 33.3 Å². The third-order valence-corrected chi connectivity index (χ3v) is 4.60. The van der Waals surface area contributed by atoms with Gasteiger partial charge in [0.15, 0.2) is 5.13 Å². The Morgan fingerprint density at radius 3 is 2.91 bits per heavy atom. The highest BCUT2D eigenvalue weighted by Crippen LogP contribution is 2.40. The molecule has 4 nitrogen and oxygen atoms in total. The molecule has 2 aromatic heterocycles. The van der Waals surface area contributed by atoms with E-state index in [0.29, 0.717) is 16.6 Å². The number of nitrogens with one attached hydrogen (secondary N) is 1. The van der Waals surface area contributed by atoms with E-state index in [-0.39, 0.29) is 5.91 Å². The lowest BCUT2D eigenvalue weighted by Crippen LogP contribution is -2.13. The van der Waals surface area contributed by atoms with Crippen molar-refractivity contribution in [2.24, 2.45) is 0 Å². The molecule has 0 bridgehead atoms. The first-order valence-corrected chi connectivity index (χ1v) is 8.22. The Bertz CT molecular complexity index is 867. The summed E-state index contributed by atoms with van der Waals surface area (Å²) in [6.07, 6.45) is 2.43. The highest BCUT2D eigenvalue weighted by atomic mass is 32.1. The van der Waals surface area contributed by atoms with Gasteiger partial charge in [-0.05, 0) is 31.9 Å². The van der Waals surface area contributed by atoms with E-state index in [1.807, 2.05) is 42.6 Å². The van der Waals surface area contributed by atoms with Crippen LogP contribution in [0.25, 0.3) is 10.9 Å². The molecule has 1 fully saturated rings. The molecule has 0 unspecified atom stereocenters. The molecule has 0 radical (unpaired) electrons. The molecule has 1 N–H and O–H groups in total. The number of hydrogen-bond acceptors (Lipinski definition) is 4. The van der Waals surface area contributed by atoms with Gasteiger partial charge in [0.25, 0.3) is 5.91 Å². The molecular weight excluding hydrogens is 294 g/mol. The van der Waals surface area contributed by atoms with E-state index in [2.05, 4.69) is 15.3 Å². The lowest BCUT2D eigenvalue weighted by molar-refractivity contribution is 0.102. The number of carbonyl (C=O) groups excluding carboxylic acids is 1. The number of nitrogens with zero attached hydrogens (tertiary/aromatic N) is 2. The number of pyridine rings is 1. The van der Waals surface area contributed by atoms with Crippen LogP contribution in [-0.4, -0.2) is 15.9 Å². The molecule has 0 spiro atoms. The lowest BCUT2D eigenvalue weighted by atomic mass is 10.1. The van der Waals surface area contributed by atoms with Gasteiger partial charge in [-0.1, -0.05) is 18.2 Å². The van der Waals surface area contributed by atoms with Crippen molar-refractivity contribution < 1.29 is 4.79 Å². The third kappa shape index (κ3) is 2.48. The Morgan fingerprint density at radius 2 is 2.09 bits per heavy atom. The summed E-state index contributed by atoms with van der Waals surface area (Å²) < 4.78 is 0. The first-order valence-electron chi connectivity index (χ1n) is 7.34. The van der Waals surface area contributed by atoms with Crippen molar-refractivity contribution in [1.82, 2.24) is 9.97 Å². The van der Waals surface area contributed by atoms with E-state index in [9.17, 15) is 4.79 Å². The van der Waals surface area contributed by atoms with Crippen LogP contribution < -0.4 is 5.32 Å². The number of hydrogen-bond donors (Lipinski definition) is 1. The molecule has 1 saturated carbocycles. The number of thiazole rings is 1. The van der Waals surface area contributed by atoms with Gasteiger partial charge < -0.3 is 0 Å². The first-order chi connectivity index (χ1) is 10.7. The average molecular weight is 309 g/mol. The van der Waals surface area contributed by atoms with Gasteiger partial charge in [0, 0.05) is 22.4 Å². The maximum absolute atomic E-state index is 12.6. The summed E-state index contributed by atoms with van der Waals surface area (Å²) in [6, 6.07) is 9.53. The number of benzene rings is 1. The zero-order valence-corrected chi connectivity index (χ0v) is 13.0. The van der Waals surface area contributed by atoms with E-state index >= 15 is 0 Å². The number of fused-ring (bicyclic) bond motifs is 1. The summed E-state index contributed by atoms with van der Waals surface area (Å²) in [7, 11) is 0. The number of rotatable bonds is 3. The van der Waals surface area contributed by atoms with Gasteiger partial charge >= 0.3 is 0 Å². The van der Waals surface area contributed by atoms with Crippen molar-refractivity contribution in [3.63, 3.8) is 0 Å². The van der Waals surface area contributed by atoms with E-state index < -0.39 is 0 Å². The van der Waals surface area contributed by atoms with Gasteiger partial charge in [-0.25, -0.2) is 4.98 Å². The summed E-state index contributed by atoms with van der Waals surface area (Å²) in [6.45, 7) is 1.90. The van der Waals surface area contributed by atoms with Gasteiger partial charge in [0.1, 0.15) is 0 Å². The summed E-state index contributed by atoms with van der Waals surface area (Å²) in [5.41, 5.74) is 3.43. The lowest BCUT2D eigenvalue weighted by Gasteiger charge is -2.07. The molecule has 1 aliphatic carbocycles. The van der Waals surface area contributed by atoms with Crippen LogP contribution in [0.2, 0.25) is 0 Å². The highest BCUT2D eigenvalue weighted by Gasteiger charge is 2.26. The second kappa shape index (κ2) is 5.18. The van der Waals surface area contributed by atoms with Crippen LogP contribution in [-0.2, 0) is 0 Å². The Kier molecular flexibility index (Phi) is 3.15. The molecular formula is C17H15N3OS. The first kappa shape index (κ1) is 13.4. The molecule has 0 saturated heterocycles. The van der Waals surface area contributed by atoms with Crippen molar-refractivity contribution in [1.29, 1.82) is 0 Å². The molecule has 4 rings (SSSR count). The number of aromatic nitrogens is 2. The zero-order valence-electron chi connectivity index (χ0n) is 12.2. The fraction of sp³-hybridized carbons (Fsp3) is 0.235. The summed E-state index contributed by atoms with van der Waals surface area (Å²) in [5.74, 6) is 0.476. The maximum Gasteiger partial charge on any atom is 0.258 e. The van der Waals surface area contributed by atoms with Gasteiger partial charge in [-0.3, -0.25) is 15.1 Å². The van der Waals surface area contributed by atoms with Gasteiger partial charge in [0.05, 0.1) is 16.8 Å². The van der Waals surface area contributed by atoms with Crippen molar-refractivity contribution in [2.45, 2.75) is 25.7 Å². The molecule has 1 aliphatic rings. The second-order valence-electron chi connectivity index (χ2n) is 5.63. The second-order valence-corrected chi connectivity index (χ2v) is 6.49. The van der Waals surface area contributed by atoms with Crippen LogP contribution in [0.5, 0.6) is 0 Å². The highest BCUT2D eigenvalue weighted by molar-refractivity contribution is 7.14. The standard InChI is InChI=1S/C17H15N3OS/c1-10-8-13(12-4-2-3-5-14(12)18-10)16(21)20-17-19-15(9-22-17)11-6-7-11/h2-5,8-9,11H,6-7H2,1H3,(H,19,20,21). The molecule has 5 heteroatoms. The van der Waals surface area contributed by atoms with Crippen LogP contribution in [0.3, 0.4) is 0 Å². The predicted molar refractivity (Wildman–Crippen MR) is 88.5 cm³/mol. The molecule has 2 heterocycles. The Morgan fingerprint density at radius 1 is 1.27 bits per heavy atom. The van der Waals surface area contributed by atoms with Crippen LogP contribution in [0, 0.1) is 6.92 Å². The molecule has 0 aliphatic heterocycles. The normalized spacial score (nSPS) is 14.2. The van der Waals surface area contributed by atoms with Gasteiger partial charge in [0.2, 0.25) is 0 Å². The fourth-order valence-corrected chi connectivity index (χ4v) is 3.36. The number of anilines is 1. The smallest absolute Gasteiger partial charge is 0.258 e. The van der Waals surface area contributed by atoms with E-state index in [1.165, 1.54) is 24.2 Å². The summed E-state index contributed by atoms with van der Waals surface area (Å²) >= 11 is 1.49. The average Bonchev–Trinajstić information content (AvgIpc) is 3.26. The molecule has 1 aromatic carbocycles. The van der Waals surface area contributed by atoms with E-state index in [1.54, 1.807) is 0 Å². The number of amides is 1. The molecule has 22 heavy (non-hydrogen) atoms.